The number of aliphatic carboxylic acids is 1. The van der Waals surface area contributed by atoms with E-state index in [9.17, 15) is 18.8 Å². The van der Waals surface area contributed by atoms with Crippen LogP contribution in [0.15, 0.2) is 101 Å². The molecule has 0 fully saturated rings. The number of amides is 2. The number of benzene rings is 3. The molecule has 0 aliphatic heterocycles. The summed E-state index contributed by atoms with van der Waals surface area (Å²) in [5, 5.41) is 15.7. The van der Waals surface area contributed by atoms with E-state index >= 15 is 0 Å². The largest absolute Gasteiger partial charge is 0.478 e. The molecule has 4 aromatic rings. The molecule has 37 heavy (non-hydrogen) atoms. The highest BCUT2D eigenvalue weighted by Gasteiger charge is 2.23. The molecule has 7 nitrogen and oxygen atoms in total. The van der Waals surface area contributed by atoms with Gasteiger partial charge >= 0.3 is 5.97 Å². The van der Waals surface area contributed by atoms with Crippen LogP contribution >= 0.6 is 23.1 Å². The fraction of sp³-hybridized carbons (Fsp3) is 0.0370. The van der Waals surface area contributed by atoms with E-state index in [1.165, 1.54) is 35.2 Å². The molecule has 1 atom stereocenters. The molecule has 0 spiro atoms. The van der Waals surface area contributed by atoms with Gasteiger partial charge in [-0.05, 0) is 48.0 Å². The molecule has 0 radical (unpaired) electrons. The van der Waals surface area contributed by atoms with Gasteiger partial charge in [0.1, 0.15) is 11.1 Å². The quantitative estimate of drug-likeness (QED) is 0.180. The summed E-state index contributed by atoms with van der Waals surface area (Å²) >= 11 is 2.56. The Labute approximate surface area is 220 Å². The Balaban J connectivity index is 1.51. The molecule has 3 aromatic carbocycles. The summed E-state index contributed by atoms with van der Waals surface area (Å²) in [5.74, 6) is -2.42. The molecule has 3 N–H and O–H groups in total. The molecule has 0 aliphatic carbocycles. The van der Waals surface area contributed by atoms with Crippen LogP contribution in [-0.4, -0.2) is 27.9 Å². The molecule has 1 aromatic heterocycles. The van der Waals surface area contributed by atoms with E-state index in [2.05, 4.69) is 15.6 Å². The number of halogens is 1. The third-order valence-electron chi connectivity index (χ3n) is 4.95. The number of carbonyl (C=O) groups is 3. The lowest BCUT2D eigenvalue weighted by molar-refractivity contribution is -0.131. The van der Waals surface area contributed by atoms with Gasteiger partial charge in [-0.25, -0.2) is 14.2 Å². The minimum atomic E-state index is -1.22. The fourth-order valence-corrected chi connectivity index (χ4v) is 5.08. The standard InChI is InChI=1S/C27H20FN3O4S2/c28-19-11-9-17(10-12-19)22-16-36-27(30-22)31-26(35)25(18-5-2-1-3-6-18)37-21-8-4-7-20(15-21)29-23(32)13-14-24(33)34/h1-16,25H,(H,29,32)(H,33,34)(H,30,31,35)/b14-13+. The molecule has 4 rings (SSSR count). The zero-order chi connectivity index (χ0) is 26.2. The van der Waals surface area contributed by atoms with Crippen molar-refractivity contribution in [2.24, 2.45) is 0 Å². The maximum atomic E-state index is 13.4. The molecule has 1 unspecified atom stereocenters. The van der Waals surface area contributed by atoms with Gasteiger partial charge in [0.2, 0.25) is 11.8 Å². The second kappa shape index (κ2) is 12.1. The number of carbonyl (C=O) groups excluding carboxylic acids is 2. The van der Waals surface area contributed by atoms with Gasteiger partial charge in [0.05, 0.1) is 5.69 Å². The van der Waals surface area contributed by atoms with Crippen molar-refractivity contribution in [3.63, 3.8) is 0 Å². The van der Waals surface area contributed by atoms with Gasteiger partial charge < -0.3 is 15.7 Å². The van der Waals surface area contributed by atoms with E-state index in [-0.39, 0.29) is 11.7 Å². The topological polar surface area (TPSA) is 108 Å². The predicted molar refractivity (Wildman–Crippen MR) is 143 cm³/mol. The van der Waals surface area contributed by atoms with Crippen molar-refractivity contribution >= 4 is 51.7 Å². The molecular weight excluding hydrogens is 513 g/mol. The highest BCUT2D eigenvalue weighted by molar-refractivity contribution is 8.00. The zero-order valence-electron chi connectivity index (χ0n) is 19.1. The Morgan fingerprint density at radius 1 is 0.946 bits per heavy atom. The molecule has 10 heteroatoms. The first-order chi connectivity index (χ1) is 17.9. The van der Waals surface area contributed by atoms with Gasteiger partial charge in [0.15, 0.2) is 5.13 Å². The summed E-state index contributed by atoms with van der Waals surface area (Å²) in [6.45, 7) is 0. The van der Waals surface area contributed by atoms with Crippen molar-refractivity contribution < 1.29 is 23.9 Å². The minimum Gasteiger partial charge on any atom is -0.478 e. The van der Waals surface area contributed by atoms with Crippen LogP contribution < -0.4 is 10.6 Å². The van der Waals surface area contributed by atoms with Crippen LogP contribution in [0.5, 0.6) is 0 Å². The van der Waals surface area contributed by atoms with Crippen molar-refractivity contribution in [2.75, 3.05) is 10.6 Å². The van der Waals surface area contributed by atoms with Crippen LogP contribution in [-0.2, 0) is 14.4 Å². The second-order valence-corrected chi connectivity index (χ2v) is 9.67. The maximum Gasteiger partial charge on any atom is 0.328 e. The summed E-state index contributed by atoms with van der Waals surface area (Å²) in [4.78, 5) is 41.1. The minimum absolute atomic E-state index is 0.282. The van der Waals surface area contributed by atoms with Gasteiger partial charge in [-0.3, -0.25) is 9.59 Å². The van der Waals surface area contributed by atoms with Gasteiger partial charge in [0, 0.05) is 33.7 Å². The first kappa shape index (κ1) is 25.8. The number of anilines is 2. The average Bonchev–Trinajstić information content (AvgIpc) is 3.35. The summed E-state index contributed by atoms with van der Waals surface area (Å²) in [7, 11) is 0. The van der Waals surface area contributed by atoms with E-state index in [4.69, 9.17) is 5.11 Å². The number of rotatable bonds is 9. The summed E-state index contributed by atoms with van der Waals surface area (Å²) in [6, 6.07) is 22.1. The number of aromatic nitrogens is 1. The Bertz CT molecular complexity index is 1440. The Hall–Kier alpha value is -4.28. The molecular formula is C27H20FN3O4S2. The molecule has 1 heterocycles. The monoisotopic (exact) mass is 533 g/mol. The van der Waals surface area contributed by atoms with E-state index in [0.717, 1.165) is 28.2 Å². The van der Waals surface area contributed by atoms with Gasteiger partial charge in [-0.2, -0.15) is 0 Å². The molecule has 2 amide bonds. The van der Waals surface area contributed by atoms with Crippen LogP contribution in [0.1, 0.15) is 10.8 Å². The molecule has 186 valence electrons. The molecule has 0 saturated heterocycles. The fourth-order valence-electron chi connectivity index (χ4n) is 3.27. The SMILES string of the molecule is O=C(O)/C=C/C(=O)Nc1cccc(SC(C(=O)Nc2nc(-c3ccc(F)cc3)cs2)c2ccccc2)c1. The molecule has 0 aliphatic rings. The second-order valence-electron chi connectivity index (χ2n) is 7.63. The van der Waals surface area contributed by atoms with Crippen LogP contribution in [0, 0.1) is 5.82 Å². The number of nitrogens with zero attached hydrogens (tertiary/aromatic N) is 1. The third-order valence-corrected chi connectivity index (χ3v) is 6.95. The van der Waals surface area contributed by atoms with Crippen molar-refractivity contribution in [3.05, 3.63) is 108 Å². The highest BCUT2D eigenvalue weighted by Crippen LogP contribution is 2.37. The number of hydrogen-bond donors (Lipinski definition) is 3. The predicted octanol–water partition coefficient (Wildman–Crippen LogP) is 6.00. The number of thiazole rings is 1. The van der Waals surface area contributed by atoms with Crippen molar-refractivity contribution in [2.45, 2.75) is 10.1 Å². The zero-order valence-corrected chi connectivity index (χ0v) is 20.8. The Morgan fingerprint density at radius 2 is 1.70 bits per heavy atom. The smallest absolute Gasteiger partial charge is 0.328 e. The van der Waals surface area contributed by atoms with Crippen LogP contribution in [0.3, 0.4) is 0 Å². The van der Waals surface area contributed by atoms with Crippen molar-refractivity contribution in [1.82, 2.24) is 4.98 Å². The van der Waals surface area contributed by atoms with Crippen molar-refractivity contribution in [3.8, 4) is 11.3 Å². The Morgan fingerprint density at radius 3 is 2.43 bits per heavy atom. The van der Waals surface area contributed by atoms with Crippen LogP contribution in [0.2, 0.25) is 0 Å². The lowest BCUT2D eigenvalue weighted by atomic mass is 10.1. The average molecular weight is 534 g/mol. The first-order valence-electron chi connectivity index (χ1n) is 10.9. The lowest BCUT2D eigenvalue weighted by Crippen LogP contribution is -2.19. The first-order valence-corrected chi connectivity index (χ1v) is 12.7. The third kappa shape index (κ3) is 7.35. The van der Waals surface area contributed by atoms with Gasteiger partial charge in [-0.15, -0.1) is 23.1 Å². The van der Waals surface area contributed by atoms with Crippen LogP contribution in [0.25, 0.3) is 11.3 Å². The highest BCUT2D eigenvalue weighted by atomic mass is 32.2. The number of carboxylic acids is 1. The van der Waals surface area contributed by atoms with Gasteiger partial charge in [-0.1, -0.05) is 36.4 Å². The molecule has 0 saturated carbocycles. The summed E-state index contributed by atoms with van der Waals surface area (Å²) in [6.07, 6.45) is 1.68. The van der Waals surface area contributed by atoms with E-state index in [1.807, 2.05) is 36.4 Å². The Kier molecular flexibility index (Phi) is 8.44. The normalized spacial score (nSPS) is 11.7. The number of thioether (sulfide) groups is 1. The van der Waals surface area contributed by atoms with E-state index in [1.54, 1.807) is 35.7 Å². The number of hydrogen-bond acceptors (Lipinski definition) is 6. The summed E-state index contributed by atoms with van der Waals surface area (Å²) < 4.78 is 13.2. The van der Waals surface area contributed by atoms with Crippen LogP contribution in [0.4, 0.5) is 15.2 Å². The lowest BCUT2D eigenvalue weighted by Gasteiger charge is -2.17. The van der Waals surface area contributed by atoms with E-state index in [0.29, 0.717) is 16.5 Å². The summed E-state index contributed by atoms with van der Waals surface area (Å²) in [5.41, 5.74) is 2.61. The maximum absolute atomic E-state index is 13.4. The van der Waals surface area contributed by atoms with E-state index < -0.39 is 17.1 Å². The van der Waals surface area contributed by atoms with Gasteiger partial charge in [0.25, 0.3) is 0 Å². The number of carboxylic acid groups (broad SMARTS) is 1. The molecule has 0 bridgehead atoms. The van der Waals surface area contributed by atoms with Crippen molar-refractivity contribution in [1.29, 1.82) is 0 Å². The number of nitrogens with one attached hydrogen (secondary N) is 2.